The summed E-state index contributed by atoms with van der Waals surface area (Å²) in [6.07, 6.45) is 8.10. The first kappa shape index (κ1) is 17.4. The molecule has 5 nitrogen and oxygen atoms in total. The molecule has 5 heteroatoms. The Kier molecular flexibility index (Phi) is 5.77. The van der Waals surface area contributed by atoms with Crippen LogP contribution in [0.15, 0.2) is 48.9 Å². The van der Waals surface area contributed by atoms with Gasteiger partial charge in [0.15, 0.2) is 0 Å². The molecule has 0 amide bonds. The molecule has 0 bridgehead atoms. The van der Waals surface area contributed by atoms with E-state index >= 15 is 0 Å². The molecular weight excluding hydrogens is 322 g/mol. The first-order chi connectivity index (χ1) is 12.9. The van der Waals surface area contributed by atoms with Crippen molar-refractivity contribution < 1.29 is 0 Å². The summed E-state index contributed by atoms with van der Waals surface area (Å²) in [4.78, 5) is 16.3. The van der Waals surface area contributed by atoms with Crippen LogP contribution in [0.1, 0.15) is 18.4 Å². The average molecular weight is 351 g/mol. The van der Waals surface area contributed by atoms with E-state index in [-0.39, 0.29) is 0 Å². The Hall–Kier alpha value is -1.98. The molecule has 0 aliphatic carbocycles. The van der Waals surface area contributed by atoms with Gasteiger partial charge in [0.1, 0.15) is 5.82 Å². The first-order valence-corrected chi connectivity index (χ1v) is 9.86. The topological polar surface area (TPSA) is 35.5 Å². The van der Waals surface area contributed by atoms with Crippen LogP contribution in [0.3, 0.4) is 0 Å². The van der Waals surface area contributed by atoms with Gasteiger partial charge in [-0.1, -0.05) is 30.3 Å². The second kappa shape index (κ2) is 8.60. The molecule has 2 aromatic rings. The molecule has 2 saturated heterocycles. The third-order valence-electron chi connectivity index (χ3n) is 5.61. The van der Waals surface area contributed by atoms with Gasteiger partial charge >= 0.3 is 0 Å². The summed E-state index contributed by atoms with van der Waals surface area (Å²) in [5.74, 6) is 1.81. The van der Waals surface area contributed by atoms with Crippen molar-refractivity contribution in [2.75, 3.05) is 50.7 Å². The molecule has 2 aliphatic heterocycles. The largest absolute Gasteiger partial charge is 0.353 e. The van der Waals surface area contributed by atoms with Crippen LogP contribution in [0.4, 0.5) is 5.82 Å². The lowest BCUT2D eigenvalue weighted by Crippen LogP contribution is -2.49. The minimum Gasteiger partial charge on any atom is -0.353 e. The summed E-state index contributed by atoms with van der Waals surface area (Å²) in [6.45, 7) is 9.18. The number of piperazine rings is 1. The number of hydrogen-bond donors (Lipinski definition) is 0. The van der Waals surface area contributed by atoms with Crippen molar-refractivity contribution in [1.82, 2.24) is 19.8 Å². The molecule has 2 fully saturated rings. The highest BCUT2D eigenvalue weighted by molar-refractivity contribution is 5.35. The van der Waals surface area contributed by atoms with Gasteiger partial charge in [0, 0.05) is 58.2 Å². The van der Waals surface area contributed by atoms with Crippen LogP contribution in [0.2, 0.25) is 0 Å². The zero-order valence-corrected chi connectivity index (χ0v) is 15.5. The molecule has 1 atom stereocenters. The molecule has 2 aliphatic rings. The van der Waals surface area contributed by atoms with Crippen LogP contribution < -0.4 is 4.90 Å². The maximum Gasteiger partial charge on any atom is 0.147 e. The van der Waals surface area contributed by atoms with E-state index in [9.17, 15) is 0 Å². The van der Waals surface area contributed by atoms with Gasteiger partial charge in [-0.3, -0.25) is 14.8 Å². The van der Waals surface area contributed by atoms with E-state index in [2.05, 4.69) is 55.0 Å². The summed E-state index contributed by atoms with van der Waals surface area (Å²) >= 11 is 0. The zero-order valence-electron chi connectivity index (χ0n) is 15.5. The lowest BCUT2D eigenvalue weighted by Gasteiger charge is -2.39. The van der Waals surface area contributed by atoms with Crippen molar-refractivity contribution in [3.8, 4) is 0 Å². The third-order valence-corrected chi connectivity index (χ3v) is 5.61. The molecule has 26 heavy (non-hydrogen) atoms. The standard InChI is InChI=1S/C21H29N5/c1-2-5-19(6-3-1)16-25-10-4-7-20(18-25)17-24-11-13-26(14-12-24)21-15-22-8-9-23-21/h1-3,5-6,8-9,15,20H,4,7,10-14,16-18H2. The first-order valence-electron chi connectivity index (χ1n) is 9.86. The highest BCUT2D eigenvalue weighted by atomic mass is 15.3. The normalized spacial score (nSPS) is 22.5. The SMILES string of the molecule is c1ccc(CN2CCCC(CN3CCN(c4cnccn4)CC3)C2)cc1. The Morgan fingerprint density at radius 3 is 2.54 bits per heavy atom. The number of piperidine rings is 1. The molecule has 1 unspecified atom stereocenters. The van der Waals surface area contributed by atoms with Gasteiger partial charge in [0.05, 0.1) is 6.20 Å². The van der Waals surface area contributed by atoms with Gasteiger partial charge in [-0.2, -0.15) is 0 Å². The number of nitrogens with zero attached hydrogens (tertiary/aromatic N) is 5. The average Bonchev–Trinajstić information content (AvgIpc) is 2.70. The fourth-order valence-corrected chi connectivity index (χ4v) is 4.26. The number of likely N-dealkylation sites (tertiary alicyclic amines) is 1. The summed E-state index contributed by atoms with van der Waals surface area (Å²) in [6, 6.07) is 10.9. The number of rotatable bonds is 5. The number of anilines is 1. The van der Waals surface area contributed by atoms with Gasteiger partial charge in [-0.25, -0.2) is 4.98 Å². The Bertz CT molecular complexity index is 655. The molecule has 3 heterocycles. The van der Waals surface area contributed by atoms with E-state index in [1.54, 1.807) is 12.4 Å². The van der Waals surface area contributed by atoms with E-state index in [1.807, 2.05) is 6.20 Å². The Morgan fingerprint density at radius 1 is 0.923 bits per heavy atom. The van der Waals surface area contributed by atoms with Crippen molar-refractivity contribution in [2.24, 2.45) is 5.92 Å². The van der Waals surface area contributed by atoms with Crippen LogP contribution in [-0.4, -0.2) is 65.6 Å². The molecule has 4 rings (SSSR count). The molecule has 0 saturated carbocycles. The maximum absolute atomic E-state index is 4.43. The zero-order chi connectivity index (χ0) is 17.6. The number of aromatic nitrogens is 2. The second-order valence-electron chi connectivity index (χ2n) is 7.58. The highest BCUT2D eigenvalue weighted by Crippen LogP contribution is 2.21. The minimum atomic E-state index is 0.801. The van der Waals surface area contributed by atoms with Gasteiger partial charge in [-0.15, -0.1) is 0 Å². The highest BCUT2D eigenvalue weighted by Gasteiger charge is 2.24. The fourth-order valence-electron chi connectivity index (χ4n) is 4.26. The quantitative estimate of drug-likeness (QED) is 0.827. The smallest absolute Gasteiger partial charge is 0.147 e. The van der Waals surface area contributed by atoms with E-state index in [0.29, 0.717) is 0 Å². The van der Waals surface area contributed by atoms with Gasteiger partial charge in [-0.05, 0) is 30.9 Å². The van der Waals surface area contributed by atoms with Gasteiger partial charge < -0.3 is 4.90 Å². The molecule has 1 aromatic carbocycles. The lowest BCUT2D eigenvalue weighted by molar-refractivity contribution is 0.124. The van der Waals surface area contributed by atoms with E-state index in [1.165, 1.54) is 38.0 Å². The molecule has 0 N–H and O–H groups in total. The summed E-state index contributed by atoms with van der Waals surface area (Å²) < 4.78 is 0. The van der Waals surface area contributed by atoms with Gasteiger partial charge in [0.2, 0.25) is 0 Å². The Labute approximate surface area is 156 Å². The Morgan fingerprint density at radius 2 is 1.77 bits per heavy atom. The fraction of sp³-hybridized carbons (Fsp3) is 0.524. The number of benzene rings is 1. The summed E-state index contributed by atoms with van der Waals surface area (Å²) in [5, 5.41) is 0. The maximum atomic E-state index is 4.43. The third kappa shape index (κ3) is 4.59. The van der Waals surface area contributed by atoms with Crippen LogP contribution in [0.25, 0.3) is 0 Å². The number of hydrogen-bond acceptors (Lipinski definition) is 5. The molecular formula is C21H29N5. The monoisotopic (exact) mass is 351 g/mol. The molecule has 0 radical (unpaired) electrons. The molecule has 138 valence electrons. The van der Waals surface area contributed by atoms with Crippen molar-refractivity contribution in [3.63, 3.8) is 0 Å². The van der Waals surface area contributed by atoms with E-state index < -0.39 is 0 Å². The minimum absolute atomic E-state index is 0.801. The van der Waals surface area contributed by atoms with E-state index in [4.69, 9.17) is 0 Å². The Balaban J connectivity index is 1.24. The predicted octanol–water partition coefficient (Wildman–Crippen LogP) is 2.51. The molecule has 1 aromatic heterocycles. The van der Waals surface area contributed by atoms with Crippen molar-refractivity contribution in [1.29, 1.82) is 0 Å². The summed E-state index contributed by atoms with van der Waals surface area (Å²) in [5.41, 5.74) is 1.44. The summed E-state index contributed by atoms with van der Waals surface area (Å²) in [7, 11) is 0. The van der Waals surface area contributed by atoms with Crippen LogP contribution >= 0.6 is 0 Å². The van der Waals surface area contributed by atoms with Crippen LogP contribution in [0.5, 0.6) is 0 Å². The van der Waals surface area contributed by atoms with Crippen molar-refractivity contribution in [2.45, 2.75) is 19.4 Å². The second-order valence-corrected chi connectivity index (χ2v) is 7.58. The predicted molar refractivity (Wildman–Crippen MR) is 105 cm³/mol. The van der Waals surface area contributed by atoms with Crippen molar-refractivity contribution in [3.05, 3.63) is 54.5 Å². The van der Waals surface area contributed by atoms with Crippen molar-refractivity contribution >= 4 is 5.82 Å². The van der Waals surface area contributed by atoms with E-state index in [0.717, 1.165) is 44.5 Å². The molecule has 0 spiro atoms. The van der Waals surface area contributed by atoms with Crippen LogP contribution in [0, 0.1) is 5.92 Å². The van der Waals surface area contributed by atoms with Crippen LogP contribution in [-0.2, 0) is 6.54 Å². The lowest BCUT2D eigenvalue weighted by atomic mass is 9.96. The van der Waals surface area contributed by atoms with Gasteiger partial charge in [0.25, 0.3) is 0 Å².